The molecule has 0 radical (unpaired) electrons. The molecule has 2 atom stereocenters. The lowest BCUT2D eigenvalue weighted by Crippen LogP contribution is -2.34. The van der Waals surface area contributed by atoms with Crippen LogP contribution in [0.25, 0.3) is 0 Å². The van der Waals surface area contributed by atoms with Crippen LogP contribution in [0.3, 0.4) is 0 Å². The van der Waals surface area contributed by atoms with Crippen LogP contribution in [0.4, 0.5) is 0 Å². The summed E-state index contributed by atoms with van der Waals surface area (Å²) in [6.45, 7) is 5.58. The maximum absolute atomic E-state index is 12.8. The Balaban J connectivity index is 1.64. The maximum atomic E-state index is 12.8. The third-order valence-corrected chi connectivity index (χ3v) is 4.75. The second-order valence-electron chi connectivity index (χ2n) is 6.66. The van der Waals surface area contributed by atoms with Crippen molar-refractivity contribution >= 4 is 5.91 Å². The number of carbonyl (C=O) groups is 1. The summed E-state index contributed by atoms with van der Waals surface area (Å²) < 4.78 is 10.9. The lowest BCUT2D eigenvalue weighted by Gasteiger charge is -2.19. The van der Waals surface area contributed by atoms with E-state index in [1.165, 1.54) is 5.56 Å². The molecule has 2 aromatic rings. The summed E-state index contributed by atoms with van der Waals surface area (Å²) in [6, 6.07) is 13.9. The van der Waals surface area contributed by atoms with E-state index < -0.39 is 0 Å². The molecule has 144 valence electrons. The van der Waals surface area contributed by atoms with Crippen molar-refractivity contribution in [2.75, 3.05) is 20.3 Å². The summed E-state index contributed by atoms with van der Waals surface area (Å²) >= 11 is 0. The Morgan fingerprint density at radius 3 is 2.67 bits per heavy atom. The predicted molar refractivity (Wildman–Crippen MR) is 105 cm³/mol. The number of benzene rings is 2. The van der Waals surface area contributed by atoms with Gasteiger partial charge in [-0.3, -0.25) is 10.2 Å². The van der Waals surface area contributed by atoms with E-state index in [9.17, 15) is 4.79 Å². The molecule has 0 spiro atoms. The number of rotatable bonds is 7. The first-order valence-electron chi connectivity index (χ1n) is 9.24. The van der Waals surface area contributed by atoms with Gasteiger partial charge in [-0.1, -0.05) is 35.9 Å². The van der Waals surface area contributed by atoms with E-state index in [0.29, 0.717) is 31.2 Å². The zero-order chi connectivity index (χ0) is 19.2. The average molecular weight is 369 g/mol. The average Bonchev–Trinajstić information content (AvgIpc) is 3.17. The zero-order valence-corrected chi connectivity index (χ0v) is 16.0. The summed E-state index contributed by atoms with van der Waals surface area (Å²) in [5, 5.41) is 3.04. The predicted octanol–water partition coefficient (Wildman–Crippen LogP) is 2.48. The van der Waals surface area contributed by atoms with Gasteiger partial charge < -0.3 is 14.8 Å². The Morgan fingerprint density at radius 1 is 1.19 bits per heavy atom. The van der Waals surface area contributed by atoms with Crippen molar-refractivity contribution in [3.63, 3.8) is 0 Å². The van der Waals surface area contributed by atoms with E-state index in [2.05, 4.69) is 47.4 Å². The molecule has 0 aliphatic carbocycles. The molecule has 3 N–H and O–H groups in total. The Hall–Kier alpha value is -2.57. The molecule has 3 rings (SSSR count). The number of hydrogen-bond acceptors (Lipinski definition) is 5. The molecule has 1 amide bonds. The van der Waals surface area contributed by atoms with Crippen LogP contribution in [0.5, 0.6) is 11.5 Å². The molecule has 1 aliphatic rings. The van der Waals surface area contributed by atoms with Gasteiger partial charge in [-0.2, -0.15) is 0 Å². The number of ether oxygens (including phenoxy) is 2. The monoisotopic (exact) mass is 369 g/mol. The molecule has 0 saturated carbocycles. The van der Waals surface area contributed by atoms with Gasteiger partial charge in [-0.25, -0.2) is 5.43 Å². The smallest absolute Gasteiger partial charge is 0.226 e. The maximum Gasteiger partial charge on any atom is 0.226 e. The van der Waals surface area contributed by atoms with Crippen LogP contribution >= 0.6 is 0 Å². The second kappa shape index (κ2) is 8.88. The second-order valence-corrected chi connectivity index (χ2v) is 6.66. The van der Waals surface area contributed by atoms with Gasteiger partial charge in [0.1, 0.15) is 0 Å². The summed E-state index contributed by atoms with van der Waals surface area (Å²) in [4.78, 5) is 12.8. The lowest BCUT2D eigenvalue weighted by molar-refractivity contribution is -0.125. The van der Waals surface area contributed by atoms with Gasteiger partial charge in [0, 0.05) is 13.1 Å². The van der Waals surface area contributed by atoms with Gasteiger partial charge >= 0.3 is 0 Å². The molecular weight excluding hydrogens is 342 g/mol. The number of hydrazine groups is 1. The van der Waals surface area contributed by atoms with Crippen molar-refractivity contribution in [2.24, 2.45) is 5.92 Å². The van der Waals surface area contributed by atoms with Gasteiger partial charge in [-0.15, -0.1) is 0 Å². The number of carbonyl (C=O) groups excluding carboxylic acids is 1. The fraction of sp³-hybridized carbons (Fsp3) is 0.381. The molecular formula is C21H27N3O3. The standard InChI is InChI=1S/C21H27N3O3/c1-4-27-19-11-15(7-10-18(19)26-3)12-22-21(25)17-13-23-24-20(17)16-8-5-14(2)6-9-16/h5-11,17,20,23-24H,4,12-13H2,1-3H3,(H,22,25). The highest BCUT2D eigenvalue weighted by Gasteiger charge is 2.33. The lowest BCUT2D eigenvalue weighted by atomic mass is 9.93. The topological polar surface area (TPSA) is 71.6 Å². The Bertz CT molecular complexity index is 777. The molecule has 1 fully saturated rings. The molecule has 2 aromatic carbocycles. The van der Waals surface area contributed by atoms with Crippen molar-refractivity contribution < 1.29 is 14.3 Å². The number of amides is 1. The fourth-order valence-corrected chi connectivity index (χ4v) is 3.25. The van der Waals surface area contributed by atoms with E-state index >= 15 is 0 Å². The normalized spacial score (nSPS) is 18.9. The first-order valence-corrected chi connectivity index (χ1v) is 9.24. The first kappa shape index (κ1) is 19.2. The van der Waals surface area contributed by atoms with Crippen LogP contribution in [-0.2, 0) is 11.3 Å². The minimum absolute atomic E-state index is 0.0202. The highest BCUT2D eigenvalue weighted by atomic mass is 16.5. The van der Waals surface area contributed by atoms with Gasteiger partial charge in [0.2, 0.25) is 5.91 Å². The van der Waals surface area contributed by atoms with Crippen molar-refractivity contribution in [1.82, 2.24) is 16.2 Å². The van der Waals surface area contributed by atoms with E-state index in [0.717, 1.165) is 11.1 Å². The van der Waals surface area contributed by atoms with Crippen molar-refractivity contribution in [3.8, 4) is 11.5 Å². The Kier molecular flexibility index (Phi) is 6.32. The van der Waals surface area contributed by atoms with Crippen molar-refractivity contribution in [3.05, 3.63) is 59.2 Å². The van der Waals surface area contributed by atoms with Crippen LogP contribution < -0.4 is 25.6 Å². The van der Waals surface area contributed by atoms with E-state index in [1.807, 2.05) is 25.1 Å². The Labute approximate surface area is 160 Å². The van der Waals surface area contributed by atoms with Gasteiger partial charge in [0.25, 0.3) is 0 Å². The van der Waals surface area contributed by atoms with E-state index in [1.54, 1.807) is 7.11 Å². The van der Waals surface area contributed by atoms with Crippen molar-refractivity contribution in [1.29, 1.82) is 0 Å². The Morgan fingerprint density at radius 2 is 1.96 bits per heavy atom. The number of nitrogens with one attached hydrogen (secondary N) is 3. The summed E-state index contributed by atoms with van der Waals surface area (Å²) in [5.74, 6) is 1.23. The summed E-state index contributed by atoms with van der Waals surface area (Å²) in [6.07, 6.45) is 0. The molecule has 6 heteroatoms. The molecule has 1 heterocycles. The molecule has 2 unspecified atom stereocenters. The largest absolute Gasteiger partial charge is 0.493 e. The highest BCUT2D eigenvalue weighted by molar-refractivity contribution is 5.80. The van der Waals surface area contributed by atoms with Crippen LogP contribution in [0, 0.1) is 12.8 Å². The fourth-order valence-electron chi connectivity index (χ4n) is 3.25. The van der Waals surface area contributed by atoms with Gasteiger partial charge in [0.15, 0.2) is 11.5 Å². The van der Waals surface area contributed by atoms with Crippen LogP contribution in [0.15, 0.2) is 42.5 Å². The minimum atomic E-state index is -0.169. The number of hydrogen-bond donors (Lipinski definition) is 3. The number of aryl methyl sites for hydroxylation is 1. The highest BCUT2D eigenvalue weighted by Crippen LogP contribution is 2.28. The summed E-state index contributed by atoms with van der Waals surface area (Å²) in [7, 11) is 1.62. The van der Waals surface area contributed by atoms with Crippen molar-refractivity contribution in [2.45, 2.75) is 26.4 Å². The molecule has 27 heavy (non-hydrogen) atoms. The third-order valence-electron chi connectivity index (χ3n) is 4.75. The van der Waals surface area contributed by atoms with Crippen LogP contribution in [0.2, 0.25) is 0 Å². The SMILES string of the molecule is CCOc1cc(CNC(=O)C2CNNC2c2ccc(C)cc2)ccc1OC. The van der Waals surface area contributed by atoms with Crippen LogP contribution in [0.1, 0.15) is 29.7 Å². The third kappa shape index (κ3) is 4.59. The van der Waals surface area contributed by atoms with Gasteiger partial charge in [0.05, 0.1) is 25.7 Å². The molecule has 0 bridgehead atoms. The quantitative estimate of drug-likeness (QED) is 0.699. The molecule has 0 aromatic heterocycles. The summed E-state index contributed by atoms with van der Waals surface area (Å²) in [5.41, 5.74) is 9.60. The van der Waals surface area contributed by atoms with Gasteiger partial charge in [-0.05, 0) is 37.1 Å². The molecule has 6 nitrogen and oxygen atoms in total. The zero-order valence-electron chi connectivity index (χ0n) is 16.0. The molecule has 1 aliphatic heterocycles. The van der Waals surface area contributed by atoms with E-state index in [-0.39, 0.29) is 17.9 Å². The number of methoxy groups -OCH3 is 1. The molecule has 1 saturated heterocycles. The first-order chi connectivity index (χ1) is 13.1. The minimum Gasteiger partial charge on any atom is -0.493 e. The van der Waals surface area contributed by atoms with E-state index in [4.69, 9.17) is 9.47 Å². The van der Waals surface area contributed by atoms with Crippen LogP contribution in [-0.4, -0.2) is 26.2 Å².